The van der Waals surface area contributed by atoms with E-state index in [2.05, 4.69) is 47.2 Å². The van der Waals surface area contributed by atoms with Crippen LogP contribution in [0, 0.1) is 5.41 Å². The third-order valence-corrected chi connectivity index (χ3v) is 3.22. The van der Waals surface area contributed by atoms with Crippen LogP contribution in [0.1, 0.15) is 0 Å². The molecule has 0 amide bonds. The molecule has 0 saturated carbocycles. The Hall–Kier alpha value is -2.33. The highest BCUT2D eigenvalue weighted by molar-refractivity contribution is 7.97. The van der Waals surface area contributed by atoms with Gasteiger partial charge in [-0.1, -0.05) is 42.5 Å². The Morgan fingerprint density at radius 1 is 1.05 bits per heavy atom. The number of hydrogen-bond acceptors (Lipinski definition) is 2. The zero-order chi connectivity index (χ0) is 13.9. The van der Waals surface area contributed by atoms with Crippen LogP contribution in [-0.2, 0) is 0 Å². The molecular formula is C16H13N3S. The predicted molar refractivity (Wildman–Crippen MR) is 87.5 cm³/mol. The van der Waals surface area contributed by atoms with Crippen molar-refractivity contribution in [1.82, 2.24) is 4.98 Å². The highest BCUT2D eigenvalue weighted by atomic mass is 32.1. The number of aromatic nitrogens is 1. The zero-order valence-corrected chi connectivity index (χ0v) is 11.6. The number of nitrogens with zero attached hydrogens (tertiary/aromatic N) is 1. The summed E-state index contributed by atoms with van der Waals surface area (Å²) in [4.78, 5) is 4.18. The largest absolute Gasteiger partial charge is 0.320 e. The van der Waals surface area contributed by atoms with Crippen molar-refractivity contribution in [2.45, 2.75) is 0 Å². The van der Waals surface area contributed by atoms with Crippen molar-refractivity contribution in [2.24, 2.45) is 0 Å². The second-order valence-corrected chi connectivity index (χ2v) is 4.88. The molecule has 0 aliphatic rings. The number of thiol groups is 1. The van der Waals surface area contributed by atoms with Crippen LogP contribution in [-0.4, -0.2) is 10.2 Å². The molecule has 0 radical (unpaired) electrons. The number of fused-ring (bicyclic) bond motifs is 1. The number of anilines is 1. The molecule has 1 heterocycles. The molecule has 1 aromatic heterocycles. The van der Waals surface area contributed by atoms with E-state index < -0.39 is 0 Å². The normalized spacial score (nSPS) is 10.4. The van der Waals surface area contributed by atoms with Gasteiger partial charge in [0, 0.05) is 6.20 Å². The minimum absolute atomic E-state index is 0.0765. The summed E-state index contributed by atoms with van der Waals surface area (Å²) in [5.41, 5.74) is 2.22. The van der Waals surface area contributed by atoms with Gasteiger partial charge in [0.1, 0.15) is 5.82 Å². The molecule has 20 heavy (non-hydrogen) atoms. The molecule has 0 spiro atoms. The fourth-order valence-corrected chi connectivity index (χ4v) is 2.38. The van der Waals surface area contributed by atoms with Gasteiger partial charge in [-0.15, -0.1) is 12.6 Å². The smallest absolute Gasteiger partial charge is 0.156 e. The maximum absolute atomic E-state index is 7.35. The van der Waals surface area contributed by atoms with E-state index in [9.17, 15) is 0 Å². The number of hydrogen-bond donors (Lipinski definition) is 3. The zero-order valence-electron chi connectivity index (χ0n) is 10.7. The molecule has 98 valence electrons. The molecule has 3 aromatic rings. The van der Waals surface area contributed by atoms with E-state index in [1.807, 2.05) is 30.3 Å². The highest BCUT2D eigenvalue weighted by Gasteiger charge is 2.05. The molecule has 0 atom stereocenters. The topological polar surface area (TPSA) is 48.8 Å². The van der Waals surface area contributed by atoms with Crippen molar-refractivity contribution in [3.05, 3.63) is 60.8 Å². The van der Waals surface area contributed by atoms with Crippen molar-refractivity contribution in [1.29, 1.82) is 5.41 Å². The lowest BCUT2D eigenvalue weighted by Gasteiger charge is -2.08. The van der Waals surface area contributed by atoms with E-state index in [1.165, 1.54) is 10.8 Å². The molecule has 3 rings (SSSR count). The Balaban J connectivity index is 2.13. The molecular weight excluding hydrogens is 266 g/mol. The summed E-state index contributed by atoms with van der Waals surface area (Å²) in [5.74, 6) is 0.621. The SMILES string of the molecule is N=C(S)Nc1cc(-c2cccc3ccccc23)ccn1. The van der Waals surface area contributed by atoms with Crippen molar-refractivity contribution in [3.8, 4) is 11.1 Å². The Labute approximate surface area is 122 Å². The van der Waals surface area contributed by atoms with Crippen LogP contribution >= 0.6 is 12.6 Å². The molecule has 0 aliphatic heterocycles. The van der Waals surface area contributed by atoms with Gasteiger partial charge >= 0.3 is 0 Å². The van der Waals surface area contributed by atoms with Crippen LogP contribution in [0.5, 0.6) is 0 Å². The molecule has 0 bridgehead atoms. The summed E-state index contributed by atoms with van der Waals surface area (Å²) < 4.78 is 0. The van der Waals surface area contributed by atoms with Crippen LogP contribution in [0.15, 0.2) is 60.8 Å². The van der Waals surface area contributed by atoms with E-state index >= 15 is 0 Å². The van der Waals surface area contributed by atoms with Gasteiger partial charge in [0.2, 0.25) is 0 Å². The van der Waals surface area contributed by atoms with Gasteiger partial charge in [-0.3, -0.25) is 5.41 Å². The standard InChI is InChI=1S/C16H13N3S/c17-16(20)19-15-10-12(8-9-18-15)14-7-3-5-11-4-1-2-6-13(11)14/h1-10H,(H3,17,18,19,20). The second-order valence-electron chi connectivity index (χ2n) is 4.43. The molecule has 2 aromatic carbocycles. The maximum Gasteiger partial charge on any atom is 0.156 e. The third kappa shape index (κ3) is 2.51. The van der Waals surface area contributed by atoms with Gasteiger partial charge in [0.15, 0.2) is 5.17 Å². The number of benzene rings is 2. The summed E-state index contributed by atoms with van der Waals surface area (Å²) in [7, 11) is 0. The summed E-state index contributed by atoms with van der Waals surface area (Å²) in [5, 5.41) is 12.6. The quantitative estimate of drug-likeness (QED) is 0.374. The fraction of sp³-hybridized carbons (Fsp3) is 0. The van der Waals surface area contributed by atoms with Crippen LogP contribution in [0.2, 0.25) is 0 Å². The average Bonchev–Trinajstić information content (AvgIpc) is 2.46. The van der Waals surface area contributed by atoms with Gasteiger partial charge in [0.25, 0.3) is 0 Å². The highest BCUT2D eigenvalue weighted by Crippen LogP contribution is 2.29. The molecule has 0 saturated heterocycles. The lowest BCUT2D eigenvalue weighted by Crippen LogP contribution is -2.03. The van der Waals surface area contributed by atoms with Gasteiger partial charge < -0.3 is 5.32 Å². The van der Waals surface area contributed by atoms with Crippen molar-refractivity contribution >= 4 is 34.4 Å². The van der Waals surface area contributed by atoms with Crippen LogP contribution in [0.25, 0.3) is 21.9 Å². The van der Waals surface area contributed by atoms with Crippen LogP contribution in [0.3, 0.4) is 0 Å². The predicted octanol–water partition coefficient (Wildman–Crippen LogP) is 4.18. The molecule has 0 aliphatic carbocycles. The molecule has 0 fully saturated rings. The first-order chi connectivity index (χ1) is 9.74. The van der Waals surface area contributed by atoms with Crippen molar-refractivity contribution in [3.63, 3.8) is 0 Å². The van der Waals surface area contributed by atoms with Gasteiger partial charge in [-0.25, -0.2) is 4.98 Å². The minimum atomic E-state index is 0.0765. The Bertz CT molecular complexity index is 778. The first-order valence-electron chi connectivity index (χ1n) is 6.23. The molecule has 0 unspecified atom stereocenters. The lowest BCUT2D eigenvalue weighted by molar-refractivity contribution is 1.32. The maximum atomic E-state index is 7.35. The van der Waals surface area contributed by atoms with E-state index in [-0.39, 0.29) is 5.17 Å². The van der Waals surface area contributed by atoms with E-state index in [1.54, 1.807) is 6.20 Å². The fourth-order valence-electron chi connectivity index (χ4n) is 2.26. The Morgan fingerprint density at radius 3 is 2.70 bits per heavy atom. The molecule has 3 nitrogen and oxygen atoms in total. The summed E-state index contributed by atoms with van der Waals surface area (Å²) >= 11 is 3.92. The monoisotopic (exact) mass is 279 g/mol. The summed E-state index contributed by atoms with van der Waals surface area (Å²) in [6.07, 6.45) is 1.73. The first kappa shape index (κ1) is 12.7. The molecule has 2 N–H and O–H groups in total. The summed E-state index contributed by atoms with van der Waals surface area (Å²) in [6, 6.07) is 18.4. The average molecular weight is 279 g/mol. The van der Waals surface area contributed by atoms with Gasteiger partial charge in [0.05, 0.1) is 0 Å². The lowest BCUT2D eigenvalue weighted by atomic mass is 9.99. The number of nitrogens with one attached hydrogen (secondary N) is 2. The molecule has 4 heteroatoms. The Kier molecular flexibility index (Phi) is 3.39. The first-order valence-corrected chi connectivity index (χ1v) is 6.67. The minimum Gasteiger partial charge on any atom is -0.320 e. The second kappa shape index (κ2) is 5.35. The number of amidine groups is 1. The number of rotatable bonds is 2. The van der Waals surface area contributed by atoms with E-state index in [4.69, 9.17) is 5.41 Å². The van der Waals surface area contributed by atoms with Crippen LogP contribution < -0.4 is 5.32 Å². The Morgan fingerprint density at radius 2 is 1.85 bits per heavy atom. The number of pyridine rings is 1. The van der Waals surface area contributed by atoms with Crippen LogP contribution in [0.4, 0.5) is 5.82 Å². The van der Waals surface area contributed by atoms with Crippen molar-refractivity contribution in [2.75, 3.05) is 5.32 Å². The van der Waals surface area contributed by atoms with Crippen molar-refractivity contribution < 1.29 is 0 Å². The van der Waals surface area contributed by atoms with Gasteiger partial charge in [-0.2, -0.15) is 0 Å². The van der Waals surface area contributed by atoms with E-state index in [0.29, 0.717) is 5.82 Å². The summed E-state index contributed by atoms with van der Waals surface area (Å²) in [6.45, 7) is 0. The van der Waals surface area contributed by atoms with E-state index in [0.717, 1.165) is 11.1 Å². The van der Waals surface area contributed by atoms with Gasteiger partial charge in [-0.05, 0) is 34.0 Å². The third-order valence-electron chi connectivity index (χ3n) is 3.11.